The molecule has 0 atom stereocenters. The topological polar surface area (TPSA) is 95.7 Å². The van der Waals surface area contributed by atoms with Crippen molar-refractivity contribution >= 4 is 45.6 Å². The van der Waals surface area contributed by atoms with Gasteiger partial charge >= 0.3 is 0 Å². The summed E-state index contributed by atoms with van der Waals surface area (Å²) in [6.07, 6.45) is 3.72. The van der Waals surface area contributed by atoms with Crippen LogP contribution < -0.4 is 11.1 Å². The average Bonchev–Trinajstić information content (AvgIpc) is 2.61. The van der Waals surface area contributed by atoms with Crippen molar-refractivity contribution < 1.29 is 13.2 Å². The van der Waals surface area contributed by atoms with Crippen molar-refractivity contribution in [3.63, 3.8) is 0 Å². The molecule has 1 amide bonds. The smallest absolute Gasteiger partial charge is 0.254 e. The fraction of sp³-hybridized carbons (Fsp3) is 0.632. The minimum absolute atomic E-state index is 0. The highest BCUT2D eigenvalue weighted by molar-refractivity contribution is 7.89. The van der Waals surface area contributed by atoms with Gasteiger partial charge in [0.2, 0.25) is 10.0 Å². The normalized spacial score (nSPS) is 19.8. The van der Waals surface area contributed by atoms with Gasteiger partial charge < -0.3 is 11.1 Å². The molecule has 0 aromatic heterocycles. The molecule has 1 saturated heterocycles. The highest BCUT2D eigenvalue weighted by atomic mass is 35.5. The Morgan fingerprint density at radius 2 is 1.90 bits per heavy atom. The quantitative estimate of drug-likeness (QED) is 0.603. The summed E-state index contributed by atoms with van der Waals surface area (Å²) >= 11 is 6.14. The molecule has 1 aliphatic heterocycles. The van der Waals surface area contributed by atoms with Crippen LogP contribution in [0.4, 0.5) is 5.69 Å². The molecule has 0 spiro atoms. The molecular formula is C19H30Cl2N4O3S. The summed E-state index contributed by atoms with van der Waals surface area (Å²) in [5.74, 6) is -0.0634. The van der Waals surface area contributed by atoms with Crippen LogP contribution in [0.15, 0.2) is 18.2 Å². The maximum atomic E-state index is 12.6. The molecule has 1 saturated carbocycles. The maximum Gasteiger partial charge on any atom is 0.254 e. The first-order chi connectivity index (χ1) is 13.3. The fourth-order valence-corrected chi connectivity index (χ4v) is 5.89. The standard InChI is InChI=1S/C19H29ClN4O3S.ClH/c1-2-13-28(26,27)24-11-9-23(10-12-24)19(7-4-8-19)14-22-18(25)17-15(20)5-3-6-16(17)21;/h3,5-6H,2,4,7-14,21H2,1H3,(H,22,25);1H. The van der Waals surface area contributed by atoms with Crippen molar-refractivity contribution in [1.29, 1.82) is 0 Å². The Morgan fingerprint density at radius 1 is 1.24 bits per heavy atom. The largest absolute Gasteiger partial charge is 0.398 e. The molecule has 0 bridgehead atoms. The fourth-order valence-electron chi connectivity index (χ4n) is 4.13. The van der Waals surface area contributed by atoms with Gasteiger partial charge in [-0.15, -0.1) is 12.4 Å². The van der Waals surface area contributed by atoms with Crippen LogP contribution in [0.1, 0.15) is 43.0 Å². The van der Waals surface area contributed by atoms with Crippen molar-refractivity contribution in [1.82, 2.24) is 14.5 Å². The molecule has 1 heterocycles. The van der Waals surface area contributed by atoms with Crippen molar-refractivity contribution in [3.05, 3.63) is 28.8 Å². The number of sulfonamides is 1. The van der Waals surface area contributed by atoms with Gasteiger partial charge in [-0.2, -0.15) is 4.31 Å². The molecule has 1 aromatic carbocycles. The van der Waals surface area contributed by atoms with Gasteiger partial charge in [0.05, 0.1) is 16.3 Å². The molecule has 29 heavy (non-hydrogen) atoms. The number of rotatable bonds is 7. The number of amides is 1. The first-order valence-electron chi connectivity index (χ1n) is 9.84. The van der Waals surface area contributed by atoms with Crippen LogP contribution in [-0.2, 0) is 10.0 Å². The highest BCUT2D eigenvalue weighted by Gasteiger charge is 2.44. The summed E-state index contributed by atoms with van der Waals surface area (Å²) in [6, 6.07) is 5.03. The second-order valence-electron chi connectivity index (χ2n) is 7.67. The van der Waals surface area contributed by atoms with Gasteiger partial charge in [0.1, 0.15) is 0 Å². The SMILES string of the molecule is CCCS(=O)(=O)N1CCN(C2(CNC(=O)c3c(N)cccc3Cl)CCC2)CC1.Cl. The van der Waals surface area contributed by atoms with Gasteiger partial charge in [-0.3, -0.25) is 9.69 Å². The summed E-state index contributed by atoms with van der Waals surface area (Å²) in [5.41, 5.74) is 6.49. The second kappa shape index (κ2) is 9.83. The van der Waals surface area contributed by atoms with Crippen molar-refractivity contribution in [3.8, 4) is 0 Å². The lowest BCUT2D eigenvalue weighted by atomic mass is 9.74. The van der Waals surface area contributed by atoms with Gasteiger partial charge in [0.25, 0.3) is 5.91 Å². The van der Waals surface area contributed by atoms with Crippen molar-refractivity contribution in [2.24, 2.45) is 0 Å². The Kier molecular flexibility index (Phi) is 8.21. The molecule has 7 nitrogen and oxygen atoms in total. The van der Waals surface area contributed by atoms with E-state index in [4.69, 9.17) is 17.3 Å². The van der Waals surface area contributed by atoms with Crippen molar-refractivity contribution in [2.75, 3.05) is 44.2 Å². The van der Waals surface area contributed by atoms with Gasteiger partial charge in [-0.1, -0.05) is 24.6 Å². The zero-order chi connectivity index (χ0) is 20.4. The second-order valence-corrected chi connectivity index (χ2v) is 10.2. The third kappa shape index (κ3) is 5.17. The van der Waals surface area contributed by atoms with E-state index < -0.39 is 10.0 Å². The zero-order valence-electron chi connectivity index (χ0n) is 16.7. The van der Waals surface area contributed by atoms with E-state index in [1.165, 1.54) is 0 Å². The summed E-state index contributed by atoms with van der Waals surface area (Å²) < 4.78 is 26.2. The van der Waals surface area contributed by atoms with Gasteiger partial charge in [-0.25, -0.2) is 8.42 Å². The summed E-state index contributed by atoms with van der Waals surface area (Å²) in [7, 11) is -3.15. The number of nitrogens with zero attached hydrogens (tertiary/aromatic N) is 2. The number of nitrogens with one attached hydrogen (secondary N) is 1. The molecule has 1 aliphatic carbocycles. The van der Waals surface area contributed by atoms with E-state index in [1.807, 2.05) is 6.92 Å². The van der Waals surface area contributed by atoms with Crippen LogP contribution in [-0.4, -0.2) is 67.5 Å². The van der Waals surface area contributed by atoms with Crippen LogP contribution in [0.2, 0.25) is 5.02 Å². The third-order valence-corrected chi connectivity index (χ3v) is 8.29. The molecule has 3 rings (SSSR count). The molecule has 3 N–H and O–H groups in total. The number of anilines is 1. The van der Waals surface area contributed by atoms with E-state index in [-0.39, 0.29) is 29.6 Å². The average molecular weight is 465 g/mol. The first kappa shape index (κ1) is 24.2. The van der Waals surface area contributed by atoms with Gasteiger partial charge in [0.15, 0.2) is 0 Å². The lowest BCUT2D eigenvalue weighted by molar-refractivity contribution is -0.00392. The first-order valence-corrected chi connectivity index (χ1v) is 11.8. The van der Waals surface area contributed by atoms with Gasteiger partial charge in [0, 0.05) is 44.0 Å². The third-order valence-electron chi connectivity index (χ3n) is 5.90. The van der Waals surface area contributed by atoms with Crippen LogP contribution in [0.25, 0.3) is 0 Å². The molecular weight excluding hydrogens is 435 g/mol. The van der Waals surface area contributed by atoms with E-state index in [2.05, 4.69) is 10.2 Å². The molecule has 1 aromatic rings. The Morgan fingerprint density at radius 3 is 2.41 bits per heavy atom. The monoisotopic (exact) mass is 464 g/mol. The predicted molar refractivity (Wildman–Crippen MR) is 119 cm³/mol. The predicted octanol–water partition coefficient (Wildman–Crippen LogP) is 2.35. The molecule has 10 heteroatoms. The Bertz CT molecular complexity index is 802. The number of hydrogen-bond acceptors (Lipinski definition) is 5. The van der Waals surface area contributed by atoms with Crippen LogP contribution in [0, 0.1) is 0 Å². The minimum atomic E-state index is -3.15. The summed E-state index contributed by atoms with van der Waals surface area (Å²) in [5, 5.41) is 3.35. The van der Waals surface area contributed by atoms with E-state index in [9.17, 15) is 13.2 Å². The van der Waals surface area contributed by atoms with Crippen LogP contribution in [0.5, 0.6) is 0 Å². The van der Waals surface area contributed by atoms with Crippen LogP contribution >= 0.6 is 24.0 Å². The molecule has 0 unspecified atom stereocenters. The number of hydrogen-bond donors (Lipinski definition) is 2. The summed E-state index contributed by atoms with van der Waals surface area (Å²) in [6.45, 7) is 4.79. The number of nitrogen functional groups attached to an aromatic ring is 1. The minimum Gasteiger partial charge on any atom is -0.398 e. The Balaban J connectivity index is 0.00000300. The summed E-state index contributed by atoms with van der Waals surface area (Å²) in [4.78, 5) is 15.0. The molecule has 0 radical (unpaired) electrons. The van der Waals surface area contributed by atoms with Crippen LogP contribution in [0.3, 0.4) is 0 Å². The van der Waals surface area contributed by atoms with E-state index in [0.29, 0.717) is 55.4 Å². The number of carbonyl (C=O) groups excluding carboxylic acids is 1. The van der Waals surface area contributed by atoms with E-state index in [0.717, 1.165) is 19.3 Å². The number of nitrogens with two attached hydrogens (primary N) is 1. The zero-order valence-corrected chi connectivity index (χ0v) is 19.1. The number of halogens is 2. The lowest BCUT2D eigenvalue weighted by Crippen LogP contribution is -2.64. The Hall–Kier alpha value is -1.06. The molecule has 2 fully saturated rings. The van der Waals surface area contributed by atoms with Crippen molar-refractivity contribution in [2.45, 2.75) is 38.1 Å². The number of piperazine rings is 1. The molecule has 2 aliphatic rings. The number of carbonyl (C=O) groups is 1. The number of benzene rings is 1. The lowest BCUT2D eigenvalue weighted by Gasteiger charge is -2.53. The maximum absolute atomic E-state index is 12.6. The van der Waals surface area contributed by atoms with E-state index >= 15 is 0 Å². The molecule has 164 valence electrons. The highest BCUT2D eigenvalue weighted by Crippen LogP contribution is 2.38. The van der Waals surface area contributed by atoms with Gasteiger partial charge in [-0.05, 0) is 37.8 Å². The Labute approximate surface area is 184 Å². The van der Waals surface area contributed by atoms with E-state index in [1.54, 1.807) is 22.5 Å².